The molecule has 1 aliphatic heterocycles. The maximum atomic E-state index is 13.2. The lowest BCUT2D eigenvalue weighted by atomic mass is 9.89. The average Bonchev–Trinajstić information content (AvgIpc) is 2.96. The van der Waals surface area contributed by atoms with E-state index < -0.39 is 15.8 Å². The smallest absolute Gasteiger partial charge is 0.234 e. The van der Waals surface area contributed by atoms with Crippen LogP contribution in [0.1, 0.15) is 23.5 Å². The third-order valence-electron chi connectivity index (χ3n) is 4.62. The Kier molecular flexibility index (Phi) is 4.71. The summed E-state index contributed by atoms with van der Waals surface area (Å²) in [6.07, 6.45) is 0.515. The third-order valence-corrected chi connectivity index (χ3v) is 6.37. The van der Waals surface area contributed by atoms with Crippen molar-refractivity contribution < 1.29 is 13.2 Å². The van der Waals surface area contributed by atoms with E-state index in [2.05, 4.69) is 0 Å². The fourth-order valence-corrected chi connectivity index (χ4v) is 5.01. The van der Waals surface area contributed by atoms with Crippen LogP contribution < -0.4 is 0 Å². The summed E-state index contributed by atoms with van der Waals surface area (Å²) in [4.78, 5) is 14.8. The molecule has 1 fully saturated rings. The summed E-state index contributed by atoms with van der Waals surface area (Å²) in [6.45, 7) is 0. The van der Waals surface area contributed by atoms with Gasteiger partial charge in [0.2, 0.25) is 5.91 Å². The van der Waals surface area contributed by atoms with Gasteiger partial charge in [0.25, 0.3) is 0 Å². The number of hydrogen-bond donors (Lipinski definition) is 0. The first-order chi connectivity index (χ1) is 11.5. The maximum absolute atomic E-state index is 13.2. The maximum Gasteiger partial charge on any atom is 0.234 e. The van der Waals surface area contributed by atoms with Crippen LogP contribution in [0.5, 0.6) is 0 Å². The highest BCUT2D eigenvalue weighted by molar-refractivity contribution is 7.91. The molecular formula is C19H21NO3S. The summed E-state index contributed by atoms with van der Waals surface area (Å²) in [6, 6.07) is 19.0. The molecule has 0 aliphatic carbocycles. The first-order valence-electron chi connectivity index (χ1n) is 8.05. The standard InChI is InChI=1S/C19H21NO3S/c1-20(17-12-13-24(22,23)14-17)19(21)18(15-8-4-2-5-9-15)16-10-6-3-7-11-16/h2-11,17-18H,12-14H2,1H3/t17-/m1/s1. The van der Waals surface area contributed by atoms with Crippen molar-refractivity contribution >= 4 is 15.7 Å². The number of amides is 1. The van der Waals surface area contributed by atoms with Crippen LogP contribution in [-0.2, 0) is 14.6 Å². The van der Waals surface area contributed by atoms with E-state index in [0.29, 0.717) is 6.42 Å². The van der Waals surface area contributed by atoms with E-state index in [1.54, 1.807) is 11.9 Å². The van der Waals surface area contributed by atoms with Crippen LogP contribution in [0.3, 0.4) is 0 Å². The van der Waals surface area contributed by atoms with Gasteiger partial charge in [0.15, 0.2) is 9.84 Å². The van der Waals surface area contributed by atoms with Crippen LogP contribution in [0, 0.1) is 0 Å². The normalized spacial score (nSPS) is 19.3. The zero-order valence-corrected chi connectivity index (χ0v) is 14.4. The van der Waals surface area contributed by atoms with Crippen molar-refractivity contribution in [1.82, 2.24) is 4.90 Å². The molecule has 0 unspecified atom stereocenters. The van der Waals surface area contributed by atoms with Crippen molar-refractivity contribution in [3.63, 3.8) is 0 Å². The number of carbonyl (C=O) groups is 1. The Bertz CT molecular complexity index is 764. The molecule has 1 aliphatic rings. The lowest BCUT2D eigenvalue weighted by Crippen LogP contribution is -2.41. The molecule has 1 heterocycles. The van der Waals surface area contributed by atoms with E-state index >= 15 is 0 Å². The molecule has 0 spiro atoms. The van der Waals surface area contributed by atoms with Crippen molar-refractivity contribution in [3.8, 4) is 0 Å². The molecule has 1 atom stereocenters. The predicted octanol–water partition coefficient (Wildman–Crippen LogP) is 2.46. The van der Waals surface area contributed by atoms with E-state index in [9.17, 15) is 13.2 Å². The fraction of sp³-hybridized carbons (Fsp3) is 0.316. The second-order valence-corrected chi connectivity index (χ2v) is 8.49. The van der Waals surface area contributed by atoms with Crippen LogP contribution in [0.15, 0.2) is 60.7 Å². The third kappa shape index (κ3) is 3.51. The Morgan fingerprint density at radius 3 is 1.92 bits per heavy atom. The summed E-state index contributed by atoms with van der Waals surface area (Å²) in [5.41, 5.74) is 1.84. The molecule has 24 heavy (non-hydrogen) atoms. The van der Waals surface area contributed by atoms with Gasteiger partial charge in [-0.05, 0) is 17.5 Å². The minimum Gasteiger partial charge on any atom is -0.341 e. The molecule has 3 rings (SSSR count). The van der Waals surface area contributed by atoms with Gasteiger partial charge >= 0.3 is 0 Å². The van der Waals surface area contributed by atoms with Crippen LogP contribution >= 0.6 is 0 Å². The number of carbonyl (C=O) groups excluding carboxylic acids is 1. The van der Waals surface area contributed by atoms with Gasteiger partial charge in [-0.1, -0.05) is 60.7 Å². The molecule has 0 N–H and O–H groups in total. The van der Waals surface area contributed by atoms with Gasteiger partial charge in [-0.2, -0.15) is 0 Å². The highest BCUT2D eigenvalue weighted by Crippen LogP contribution is 2.28. The quantitative estimate of drug-likeness (QED) is 0.857. The van der Waals surface area contributed by atoms with Crippen molar-refractivity contribution in [1.29, 1.82) is 0 Å². The minimum absolute atomic E-state index is 0.0606. The number of benzene rings is 2. The lowest BCUT2D eigenvalue weighted by Gasteiger charge is -2.28. The van der Waals surface area contributed by atoms with Gasteiger partial charge in [0.05, 0.1) is 17.4 Å². The molecular weight excluding hydrogens is 322 g/mol. The van der Waals surface area contributed by atoms with Crippen LogP contribution in [0.25, 0.3) is 0 Å². The molecule has 1 saturated heterocycles. The number of likely N-dealkylation sites (N-methyl/N-ethyl adjacent to an activating group) is 1. The summed E-state index contributed by atoms with van der Waals surface area (Å²) in [5.74, 6) is -0.252. The van der Waals surface area contributed by atoms with E-state index in [1.807, 2.05) is 60.7 Å². The molecule has 0 bridgehead atoms. The monoisotopic (exact) mass is 343 g/mol. The number of rotatable bonds is 4. The summed E-state index contributed by atoms with van der Waals surface area (Å²) < 4.78 is 23.5. The molecule has 2 aromatic rings. The van der Waals surface area contributed by atoms with Gasteiger partial charge in [-0.15, -0.1) is 0 Å². The van der Waals surface area contributed by atoms with Gasteiger partial charge in [-0.25, -0.2) is 8.42 Å². The second kappa shape index (κ2) is 6.77. The zero-order chi connectivity index (χ0) is 17.2. The molecule has 0 radical (unpaired) electrons. The van der Waals surface area contributed by atoms with Gasteiger partial charge in [0, 0.05) is 13.1 Å². The SMILES string of the molecule is CN(C(=O)C(c1ccccc1)c1ccccc1)[C@@H]1CCS(=O)(=O)C1. The highest BCUT2D eigenvalue weighted by Gasteiger charge is 2.35. The summed E-state index contributed by atoms with van der Waals surface area (Å²) >= 11 is 0. The van der Waals surface area contributed by atoms with Crippen molar-refractivity contribution in [3.05, 3.63) is 71.8 Å². The van der Waals surface area contributed by atoms with Gasteiger partial charge in [0.1, 0.15) is 0 Å². The Morgan fingerprint density at radius 2 is 1.50 bits per heavy atom. The highest BCUT2D eigenvalue weighted by atomic mass is 32.2. The topological polar surface area (TPSA) is 54.5 Å². The van der Waals surface area contributed by atoms with Crippen molar-refractivity contribution in [2.75, 3.05) is 18.6 Å². The second-order valence-electron chi connectivity index (χ2n) is 6.26. The Morgan fingerprint density at radius 1 is 1.00 bits per heavy atom. The molecule has 5 heteroatoms. The van der Waals surface area contributed by atoms with E-state index in [4.69, 9.17) is 0 Å². The lowest BCUT2D eigenvalue weighted by molar-refractivity contribution is -0.132. The summed E-state index contributed by atoms with van der Waals surface area (Å²) in [7, 11) is -1.31. The average molecular weight is 343 g/mol. The Balaban J connectivity index is 1.92. The van der Waals surface area contributed by atoms with Crippen molar-refractivity contribution in [2.24, 2.45) is 0 Å². The van der Waals surface area contributed by atoms with Crippen molar-refractivity contribution in [2.45, 2.75) is 18.4 Å². The molecule has 1 amide bonds. The van der Waals surface area contributed by atoms with Crippen LogP contribution in [0.2, 0.25) is 0 Å². The molecule has 126 valence electrons. The number of sulfone groups is 1. The molecule has 0 aromatic heterocycles. The van der Waals surface area contributed by atoms with E-state index in [0.717, 1.165) is 11.1 Å². The van der Waals surface area contributed by atoms with Crippen LogP contribution in [-0.4, -0.2) is 43.8 Å². The predicted molar refractivity (Wildman–Crippen MR) is 94.6 cm³/mol. The van der Waals surface area contributed by atoms with E-state index in [-0.39, 0.29) is 23.5 Å². The Hall–Kier alpha value is -2.14. The molecule has 0 saturated carbocycles. The fourth-order valence-electron chi connectivity index (χ4n) is 3.23. The first kappa shape index (κ1) is 16.7. The first-order valence-corrected chi connectivity index (χ1v) is 9.87. The minimum atomic E-state index is -3.02. The number of nitrogens with zero attached hydrogens (tertiary/aromatic N) is 1. The summed E-state index contributed by atoms with van der Waals surface area (Å²) in [5, 5.41) is 0. The largest absolute Gasteiger partial charge is 0.341 e. The molecule has 2 aromatic carbocycles. The molecule has 4 nitrogen and oxygen atoms in total. The number of hydrogen-bond acceptors (Lipinski definition) is 3. The van der Waals surface area contributed by atoms with E-state index in [1.165, 1.54) is 0 Å². The zero-order valence-electron chi connectivity index (χ0n) is 13.6. The van der Waals surface area contributed by atoms with Gasteiger partial charge < -0.3 is 4.90 Å². The van der Waals surface area contributed by atoms with Gasteiger partial charge in [-0.3, -0.25) is 4.79 Å². The Labute approximate surface area is 143 Å². The van der Waals surface area contributed by atoms with Crippen LogP contribution in [0.4, 0.5) is 0 Å².